The summed E-state index contributed by atoms with van der Waals surface area (Å²) in [6.07, 6.45) is 5.20. The summed E-state index contributed by atoms with van der Waals surface area (Å²) in [5, 5.41) is 13.8. The van der Waals surface area contributed by atoms with Crippen LogP contribution in [-0.4, -0.2) is 87.7 Å². The average Bonchev–Trinajstić information content (AvgIpc) is 3.86. The maximum absolute atomic E-state index is 14.1. The molecular formula is C41H54N6O5. The van der Waals surface area contributed by atoms with Crippen molar-refractivity contribution in [1.82, 2.24) is 24.3 Å². The van der Waals surface area contributed by atoms with Crippen LogP contribution >= 0.6 is 0 Å². The normalized spacial score (nSPS) is 21.4. The fourth-order valence-corrected chi connectivity index (χ4v) is 9.24. The van der Waals surface area contributed by atoms with Gasteiger partial charge in [0.25, 0.3) is 5.91 Å². The number of rotatable bonds is 11. The van der Waals surface area contributed by atoms with Crippen LogP contribution in [0.5, 0.6) is 5.75 Å². The topological polar surface area (TPSA) is 114 Å². The van der Waals surface area contributed by atoms with Gasteiger partial charge in [-0.15, -0.1) is 0 Å². The van der Waals surface area contributed by atoms with Crippen molar-refractivity contribution in [2.75, 3.05) is 44.8 Å². The number of methoxy groups -OCH3 is 1. The lowest BCUT2D eigenvalue weighted by Crippen LogP contribution is -2.39. The highest BCUT2D eigenvalue weighted by Gasteiger charge is 2.59. The predicted molar refractivity (Wildman–Crippen MR) is 203 cm³/mol. The summed E-state index contributed by atoms with van der Waals surface area (Å²) in [5.41, 5.74) is 5.09. The Hall–Kier alpha value is -4.25. The molecule has 2 saturated carbocycles. The number of imidazole rings is 1. The zero-order chi connectivity index (χ0) is 36.6. The first-order valence-electron chi connectivity index (χ1n) is 19.1. The molecule has 2 unspecified atom stereocenters. The molecule has 4 aliphatic rings. The van der Waals surface area contributed by atoms with E-state index in [2.05, 4.69) is 64.4 Å². The number of aliphatic hydroxyl groups is 1. The summed E-state index contributed by atoms with van der Waals surface area (Å²) in [5.74, 6) is 2.12. The molecule has 278 valence electrons. The molecular weight excluding hydrogens is 656 g/mol. The molecule has 1 spiro atoms. The molecule has 2 aromatic carbocycles. The van der Waals surface area contributed by atoms with Crippen molar-refractivity contribution in [1.29, 1.82) is 0 Å². The molecule has 4 heterocycles. The largest absolute Gasteiger partial charge is 0.494 e. The third-order valence-electron chi connectivity index (χ3n) is 11.5. The number of likely N-dealkylation sites (tertiary alicyclic amines) is 1. The van der Waals surface area contributed by atoms with Crippen molar-refractivity contribution in [2.24, 2.45) is 16.7 Å². The summed E-state index contributed by atoms with van der Waals surface area (Å²) in [6, 6.07) is 12.5. The number of benzene rings is 2. The first-order chi connectivity index (χ1) is 24.8. The van der Waals surface area contributed by atoms with E-state index in [-0.39, 0.29) is 35.5 Å². The van der Waals surface area contributed by atoms with Crippen LogP contribution in [0.1, 0.15) is 83.5 Å². The summed E-state index contributed by atoms with van der Waals surface area (Å²) < 4.78 is 16.6. The van der Waals surface area contributed by atoms with E-state index in [4.69, 9.17) is 14.5 Å². The number of fused-ring (bicyclic) bond motifs is 1. The Labute approximate surface area is 306 Å². The SMILES string of the molecule is COc1cc(C(=O)N2CCC3(CC3NC(=O)OC(C)(C)CC(C)(C)C)C2)cc2nc(-c3cc4cccc5c4n3CCN5CCCO)n(CC3CC3)c12. The third-order valence-corrected chi connectivity index (χ3v) is 11.5. The molecule has 0 radical (unpaired) electrons. The Morgan fingerprint density at radius 2 is 1.87 bits per heavy atom. The zero-order valence-corrected chi connectivity index (χ0v) is 31.6. The van der Waals surface area contributed by atoms with E-state index >= 15 is 0 Å². The van der Waals surface area contributed by atoms with E-state index in [0.717, 1.165) is 74.4 Å². The van der Waals surface area contributed by atoms with Gasteiger partial charge in [0, 0.05) is 68.3 Å². The number of nitrogens with zero attached hydrogens (tertiary/aromatic N) is 5. The molecule has 11 nitrogen and oxygen atoms in total. The molecule has 8 rings (SSSR count). The Morgan fingerprint density at radius 3 is 2.60 bits per heavy atom. The molecule has 11 heteroatoms. The van der Waals surface area contributed by atoms with Gasteiger partial charge in [0.1, 0.15) is 16.9 Å². The van der Waals surface area contributed by atoms with Gasteiger partial charge in [-0.1, -0.05) is 32.9 Å². The lowest BCUT2D eigenvalue weighted by Gasteiger charge is -2.32. The van der Waals surface area contributed by atoms with Gasteiger partial charge in [-0.3, -0.25) is 4.79 Å². The number of amides is 2. The van der Waals surface area contributed by atoms with E-state index < -0.39 is 5.60 Å². The fourth-order valence-electron chi connectivity index (χ4n) is 9.24. The zero-order valence-electron chi connectivity index (χ0n) is 31.6. The molecule has 1 saturated heterocycles. The van der Waals surface area contributed by atoms with Gasteiger partial charge in [0.2, 0.25) is 0 Å². The molecule has 2 amide bonds. The van der Waals surface area contributed by atoms with Gasteiger partial charge in [0.05, 0.1) is 29.5 Å². The molecule has 0 bridgehead atoms. The van der Waals surface area contributed by atoms with Crippen LogP contribution in [0.25, 0.3) is 33.5 Å². The van der Waals surface area contributed by atoms with Crippen LogP contribution < -0.4 is 15.0 Å². The van der Waals surface area contributed by atoms with E-state index in [1.54, 1.807) is 7.11 Å². The summed E-state index contributed by atoms with van der Waals surface area (Å²) in [6.45, 7) is 15.1. The first-order valence-corrected chi connectivity index (χ1v) is 19.1. The smallest absolute Gasteiger partial charge is 0.407 e. The van der Waals surface area contributed by atoms with Crippen LogP contribution in [0, 0.1) is 16.7 Å². The van der Waals surface area contributed by atoms with E-state index in [0.29, 0.717) is 30.3 Å². The predicted octanol–water partition coefficient (Wildman–Crippen LogP) is 6.82. The quantitative estimate of drug-likeness (QED) is 0.176. The number of alkyl carbamates (subject to hydrolysis) is 1. The van der Waals surface area contributed by atoms with Crippen molar-refractivity contribution in [3.63, 3.8) is 0 Å². The second-order valence-electron chi connectivity index (χ2n) is 17.6. The van der Waals surface area contributed by atoms with Crippen LogP contribution in [-0.2, 0) is 17.8 Å². The molecule has 2 N–H and O–H groups in total. The number of carbonyl (C=O) groups is 2. The van der Waals surface area contributed by atoms with E-state index in [9.17, 15) is 14.7 Å². The highest BCUT2D eigenvalue weighted by atomic mass is 16.6. The van der Waals surface area contributed by atoms with Gasteiger partial charge >= 0.3 is 6.09 Å². The Balaban J connectivity index is 1.06. The molecule has 52 heavy (non-hydrogen) atoms. The first kappa shape index (κ1) is 34.8. The Kier molecular flexibility index (Phi) is 8.51. The number of aromatic nitrogens is 3. The minimum Gasteiger partial charge on any atom is -0.494 e. The maximum Gasteiger partial charge on any atom is 0.407 e. The molecule has 3 fully saturated rings. The second-order valence-corrected chi connectivity index (χ2v) is 17.6. The number of para-hydroxylation sites is 1. The van der Waals surface area contributed by atoms with Crippen molar-refractivity contribution < 1.29 is 24.2 Å². The van der Waals surface area contributed by atoms with Crippen molar-refractivity contribution in [3.05, 3.63) is 42.0 Å². The highest BCUT2D eigenvalue weighted by molar-refractivity contribution is 6.01. The number of ether oxygens (including phenoxy) is 2. The second kappa shape index (κ2) is 12.7. The van der Waals surface area contributed by atoms with Crippen molar-refractivity contribution in [3.8, 4) is 17.3 Å². The third kappa shape index (κ3) is 6.50. The van der Waals surface area contributed by atoms with Gasteiger partial charge < -0.3 is 38.8 Å². The number of aliphatic hydroxyl groups excluding tert-OH is 1. The number of carbonyl (C=O) groups excluding carboxylic acids is 2. The summed E-state index contributed by atoms with van der Waals surface area (Å²) in [4.78, 5) is 36.6. The van der Waals surface area contributed by atoms with E-state index in [1.165, 1.54) is 29.4 Å². The average molecular weight is 711 g/mol. The fraction of sp³-hybridized carbons (Fsp3) is 0.585. The van der Waals surface area contributed by atoms with Crippen molar-refractivity contribution >= 4 is 39.6 Å². The number of anilines is 1. The Bertz CT molecular complexity index is 2040. The van der Waals surface area contributed by atoms with Crippen LogP contribution in [0.2, 0.25) is 0 Å². The van der Waals surface area contributed by atoms with Gasteiger partial charge in [-0.25, -0.2) is 9.78 Å². The molecule has 4 aromatic rings. The monoisotopic (exact) mass is 710 g/mol. The maximum atomic E-state index is 14.1. The minimum absolute atomic E-state index is 0.00167. The van der Waals surface area contributed by atoms with Gasteiger partial charge in [0.15, 0.2) is 5.82 Å². The lowest BCUT2D eigenvalue weighted by atomic mass is 9.84. The molecule has 2 aliphatic heterocycles. The van der Waals surface area contributed by atoms with Crippen LogP contribution in [0.15, 0.2) is 36.4 Å². The molecule has 2 aliphatic carbocycles. The minimum atomic E-state index is -0.567. The van der Waals surface area contributed by atoms with Crippen LogP contribution in [0.4, 0.5) is 10.5 Å². The van der Waals surface area contributed by atoms with E-state index in [1.807, 2.05) is 30.9 Å². The summed E-state index contributed by atoms with van der Waals surface area (Å²) >= 11 is 0. The van der Waals surface area contributed by atoms with Crippen molar-refractivity contribution in [2.45, 2.75) is 97.9 Å². The molecule has 2 atom stereocenters. The summed E-state index contributed by atoms with van der Waals surface area (Å²) in [7, 11) is 1.67. The number of nitrogens with one attached hydrogen (secondary N) is 1. The van der Waals surface area contributed by atoms with Gasteiger partial charge in [-0.05, 0) is 88.0 Å². The van der Waals surface area contributed by atoms with Gasteiger partial charge in [-0.2, -0.15) is 0 Å². The number of hydrogen-bond acceptors (Lipinski definition) is 7. The highest BCUT2D eigenvalue weighted by Crippen LogP contribution is 2.53. The standard InChI is InChI=1S/C41H54N6O5/c1-39(2,3)24-40(4,5)52-38(50)43-33-22-41(33)13-15-45(25-41)37(49)28-19-29-35(32(21-28)51-6)47(23-26-11-12-26)36(42-29)31-20-27-9-7-10-30-34(27)46(31)17-16-44(30)14-8-18-48/h7,9-10,19-21,26,33,48H,8,11-18,22-25H2,1-6H3,(H,43,50). The lowest BCUT2D eigenvalue weighted by molar-refractivity contribution is 0.00944. The number of hydrogen-bond donors (Lipinski definition) is 2. The molecule has 2 aromatic heterocycles. The van der Waals surface area contributed by atoms with Crippen LogP contribution in [0.3, 0.4) is 0 Å². The Morgan fingerprint density at radius 1 is 1.06 bits per heavy atom.